The molecular formula is C10H10F2O2. The van der Waals surface area contributed by atoms with Crippen LogP contribution in [0.3, 0.4) is 0 Å². The molecule has 1 aromatic carbocycles. The van der Waals surface area contributed by atoms with Crippen molar-refractivity contribution >= 4 is 5.97 Å². The summed E-state index contributed by atoms with van der Waals surface area (Å²) in [6, 6.07) is 6.07. The van der Waals surface area contributed by atoms with Crippen molar-refractivity contribution in [2.75, 3.05) is 0 Å². The van der Waals surface area contributed by atoms with Gasteiger partial charge in [-0.1, -0.05) is 29.8 Å². The number of halogens is 2. The zero-order valence-corrected chi connectivity index (χ0v) is 7.58. The maximum Gasteiger partial charge on any atom is 0.316 e. The van der Waals surface area contributed by atoms with E-state index < -0.39 is 18.3 Å². The van der Waals surface area contributed by atoms with Gasteiger partial charge in [0.1, 0.15) is 5.92 Å². The monoisotopic (exact) mass is 200 g/mol. The average molecular weight is 200 g/mol. The lowest BCUT2D eigenvalue weighted by Gasteiger charge is -2.11. The van der Waals surface area contributed by atoms with Crippen LogP contribution in [0.2, 0.25) is 0 Å². The van der Waals surface area contributed by atoms with Crippen LogP contribution in [0.15, 0.2) is 24.3 Å². The molecule has 0 amide bonds. The van der Waals surface area contributed by atoms with E-state index in [1.807, 2.05) is 6.92 Å². The van der Waals surface area contributed by atoms with E-state index in [-0.39, 0.29) is 5.56 Å². The summed E-state index contributed by atoms with van der Waals surface area (Å²) in [5.41, 5.74) is 1.05. The molecule has 0 fully saturated rings. The first-order valence-electron chi connectivity index (χ1n) is 4.10. The molecule has 2 nitrogen and oxygen atoms in total. The third kappa shape index (κ3) is 2.28. The van der Waals surface area contributed by atoms with Gasteiger partial charge in [0.15, 0.2) is 0 Å². The molecule has 14 heavy (non-hydrogen) atoms. The highest BCUT2D eigenvalue weighted by Gasteiger charge is 2.29. The number of carbonyl (C=O) groups is 1. The second kappa shape index (κ2) is 4.17. The van der Waals surface area contributed by atoms with Crippen LogP contribution in [0.1, 0.15) is 17.0 Å². The number of carboxylic acid groups (broad SMARTS) is 1. The van der Waals surface area contributed by atoms with Crippen LogP contribution < -0.4 is 0 Å². The first kappa shape index (κ1) is 10.6. The fourth-order valence-corrected chi connectivity index (χ4v) is 1.17. The van der Waals surface area contributed by atoms with Gasteiger partial charge in [0.05, 0.1) is 0 Å². The zero-order valence-electron chi connectivity index (χ0n) is 7.58. The smallest absolute Gasteiger partial charge is 0.316 e. The van der Waals surface area contributed by atoms with Gasteiger partial charge in [-0.05, 0) is 12.5 Å². The predicted octanol–water partition coefficient (Wildman–Crippen LogP) is 2.43. The van der Waals surface area contributed by atoms with E-state index in [0.717, 1.165) is 5.56 Å². The van der Waals surface area contributed by atoms with Gasteiger partial charge in [0.2, 0.25) is 0 Å². The number of aliphatic carboxylic acids is 1. The molecule has 0 aliphatic carbocycles. The Balaban J connectivity index is 3.00. The number of alkyl halides is 2. The molecule has 0 aliphatic rings. The van der Waals surface area contributed by atoms with Gasteiger partial charge < -0.3 is 5.11 Å². The summed E-state index contributed by atoms with van der Waals surface area (Å²) in [4.78, 5) is 10.5. The van der Waals surface area contributed by atoms with Crippen LogP contribution in [-0.4, -0.2) is 17.5 Å². The summed E-state index contributed by atoms with van der Waals surface area (Å²) >= 11 is 0. The minimum Gasteiger partial charge on any atom is -0.481 e. The molecule has 0 bridgehead atoms. The Morgan fingerprint density at radius 1 is 1.29 bits per heavy atom. The Labute approximate surface area is 80.2 Å². The first-order chi connectivity index (χ1) is 6.52. The molecule has 1 unspecified atom stereocenters. The summed E-state index contributed by atoms with van der Waals surface area (Å²) in [5.74, 6) is -3.22. The van der Waals surface area contributed by atoms with Crippen molar-refractivity contribution < 1.29 is 18.7 Å². The summed E-state index contributed by atoms with van der Waals surface area (Å²) in [6.45, 7) is 1.81. The highest BCUT2D eigenvalue weighted by atomic mass is 19.3. The van der Waals surface area contributed by atoms with Gasteiger partial charge in [0.25, 0.3) is 6.43 Å². The van der Waals surface area contributed by atoms with Crippen molar-refractivity contribution in [2.24, 2.45) is 0 Å². The lowest BCUT2D eigenvalue weighted by Crippen LogP contribution is -2.19. The Hall–Kier alpha value is -1.45. The van der Waals surface area contributed by atoms with E-state index >= 15 is 0 Å². The molecule has 0 saturated heterocycles. The molecule has 0 aliphatic heterocycles. The second-order valence-electron chi connectivity index (χ2n) is 3.06. The van der Waals surface area contributed by atoms with E-state index in [4.69, 9.17) is 5.11 Å². The van der Waals surface area contributed by atoms with Crippen LogP contribution in [0, 0.1) is 6.92 Å². The maximum absolute atomic E-state index is 12.4. The molecular weight excluding hydrogens is 190 g/mol. The lowest BCUT2D eigenvalue weighted by molar-refractivity contribution is -0.142. The van der Waals surface area contributed by atoms with Crippen molar-refractivity contribution in [3.63, 3.8) is 0 Å². The van der Waals surface area contributed by atoms with Gasteiger partial charge in [-0.25, -0.2) is 8.78 Å². The van der Waals surface area contributed by atoms with Crippen molar-refractivity contribution in [2.45, 2.75) is 19.3 Å². The number of hydrogen-bond donors (Lipinski definition) is 1. The fraction of sp³-hybridized carbons (Fsp3) is 0.300. The summed E-state index contributed by atoms with van der Waals surface area (Å²) in [5, 5.41) is 8.59. The standard InChI is InChI=1S/C10H10F2O2/c1-6-2-4-7(5-3-6)8(9(11)12)10(13)14/h2-5,8-9H,1H3,(H,13,14). The molecule has 1 N–H and O–H groups in total. The summed E-state index contributed by atoms with van der Waals surface area (Å²) < 4.78 is 24.7. The molecule has 0 spiro atoms. The van der Waals surface area contributed by atoms with Crippen LogP contribution >= 0.6 is 0 Å². The molecule has 0 heterocycles. The van der Waals surface area contributed by atoms with Crippen molar-refractivity contribution in [1.82, 2.24) is 0 Å². The van der Waals surface area contributed by atoms with Crippen LogP contribution in [0.4, 0.5) is 8.78 Å². The Kier molecular flexibility index (Phi) is 3.17. The third-order valence-corrected chi connectivity index (χ3v) is 1.95. The second-order valence-corrected chi connectivity index (χ2v) is 3.06. The first-order valence-corrected chi connectivity index (χ1v) is 4.10. The van der Waals surface area contributed by atoms with Gasteiger partial charge >= 0.3 is 5.97 Å². The van der Waals surface area contributed by atoms with E-state index in [9.17, 15) is 13.6 Å². The maximum atomic E-state index is 12.4. The number of hydrogen-bond acceptors (Lipinski definition) is 1. The average Bonchev–Trinajstić information content (AvgIpc) is 2.07. The predicted molar refractivity (Wildman–Crippen MR) is 47.6 cm³/mol. The minimum absolute atomic E-state index is 0.137. The topological polar surface area (TPSA) is 37.3 Å². The van der Waals surface area contributed by atoms with E-state index in [1.165, 1.54) is 12.1 Å². The van der Waals surface area contributed by atoms with Crippen LogP contribution in [0.25, 0.3) is 0 Å². The lowest BCUT2D eigenvalue weighted by atomic mass is 9.99. The highest BCUT2D eigenvalue weighted by Crippen LogP contribution is 2.23. The van der Waals surface area contributed by atoms with Crippen molar-refractivity contribution in [3.05, 3.63) is 35.4 Å². The molecule has 0 saturated carbocycles. The molecule has 76 valence electrons. The van der Waals surface area contributed by atoms with Gasteiger partial charge in [0, 0.05) is 0 Å². The molecule has 0 radical (unpaired) electrons. The molecule has 1 aromatic rings. The number of aryl methyl sites for hydroxylation is 1. The van der Waals surface area contributed by atoms with E-state index in [2.05, 4.69) is 0 Å². The zero-order chi connectivity index (χ0) is 10.7. The highest BCUT2D eigenvalue weighted by molar-refractivity contribution is 5.76. The normalized spacial score (nSPS) is 12.9. The van der Waals surface area contributed by atoms with Crippen LogP contribution in [-0.2, 0) is 4.79 Å². The van der Waals surface area contributed by atoms with E-state index in [0.29, 0.717) is 0 Å². The Morgan fingerprint density at radius 2 is 1.79 bits per heavy atom. The summed E-state index contributed by atoms with van der Waals surface area (Å²) in [7, 11) is 0. The van der Waals surface area contributed by atoms with E-state index in [1.54, 1.807) is 12.1 Å². The Morgan fingerprint density at radius 3 is 2.14 bits per heavy atom. The fourth-order valence-electron chi connectivity index (χ4n) is 1.17. The van der Waals surface area contributed by atoms with Gasteiger partial charge in [-0.2, -0.15) is 0 Å². The molecule has 1 rings (SSSR count). The largest absolute Gasteiger partial charge is 0.481 e. The number of carboxylic acids is 1. The Bertz CT molecular complexity index is 319. The van der Waals surface area contributed by atoms with Gasteiger partial charge in [-0.15, -0.1) is 0 Å². The van der Waals surface area contributed by atoms with Crippen LogP contribution in [0.5, 0.6) is 0 Å². The number of rotatable bonds is 3. The SMILES string of the molecule is Cc1ccc(C(C(=O)O)C(F)F)cc1. The minimum atomic E-state index is -2.88. The van der Waals surface area contributed by atoms with Crippen molar-refractivity contribution in [3.8, 4) is 0 Å². The molecule has 4 heteroatoms. The van der Waals surface area contributed by atoms with Gasteiger partial charge in [-0.3, -0.25) is 4.79 Å². The number of benzene rings is 1. The summed E-state index contributed by atoms with van der Waals surface area (Å²) in [6.07, 6.45) is -2.88. The third-order valence-electron chi connectivity index (χ3n) is 1.95. The van der Waals surface area contributed by atoms with Crippen molar-refractivity contribution in [1.29, 1.82) is 0 Å². The molecule has 1 atom stereocenters. The molecule has 0 aromatic heterocycles. The quantitative estimate of drug-likeness (QED) is 0.813.